The number of rotatable bonds is 10. The lowest BCUT2D eigenvalue weighted by Gasteiger charge is -2.31. The van der Waals surface area contributed by atoms with Crippen molar-refractivity contribution in [2.24, 2.45) is 0 Å². The molecule has 0 bridgehead atoms. The Bertz CT molecular complexity index is 976. The Hall–Kier alpha value is -2.87. The first-order chi connectivity index (χ1) is 14.7. The standard InChI is InChI=1S/C23H31N3O4S/c1-5-19-11-13-21(14-12-19)26(31(4,29)30)17-22(27)25(18(2)23(28)24-3)16-15-20-9-7-6-8-10-20/h6-14,18H,5,15-17H2,1-4H3,(H,24,28)/t18-/m0/s1. The van der Waals surface area contributed by atoms with Crippen LogP contribution >= 0.6 is 0 Å². The van der Waals surface area contributed by atoms with Gasteiger partial charge in [0, 0.05) is 13.6 Å². The number of carbonyl (C=O) groups is 2. The molecule has 0 aliphatic carbocycles. The van der Waals surface area contributed by atoms with Gasteiger partial charge in [-0.25, -0.2) is 8.42 Å². The average Bonchev–Trinajstić information content (AvgIpc) is 2.76. The van der Waals surface area contributed by atoms with Crippen LogP contribution in [0.4, 0.5) is 5.69 Å². The molecule has 7 nitrogen and oxygen atoms in total. The molecule has 1 atom stereocenters. The maximum absolute atomic E-state index is 13.2. The molecular formula is C23H31N3O4S. The molecule has 2 rings (SSSR count). The molecule has 0 aliphatic heterocycles. The van der Waals surface area contributed by atoms with Crippen molar-refractivity contribution in [2.45, 2.75) is 32.7 Å². The third-order valence-electron chi connectivity index (χ3n) is 5.21. The summed E-state index contributed by atoms with van der Waals surface area (Å²) in [5, 5.41) is 2.56. The molecule has 0 aliphatic rings. The molecule has 0 spiro atoms. The zero-order chi connectivity index (χ0) is 23.0. The second-order valence-corrected chi connectivity index (χ2v) is 9.31. The fraction of sp³-hybridized carbons (Fsp3) is 0.391. The SMILES string of the molecule is CCc1ccc(N(CC(=O)N(CCc2ccccc2)[C@@H](C)C(=O)NC)S(C)(=O)=O)cc1. The Kier molecular flexibility index (Phi) is 8.62. The van der Waals surface area contributed by atoms with Gasteiger partial charge in [-0.2, -0.15) is 0 Å². The Balaban J connectivity index is 2.27. The average molecular weight is 446 g/mol. The smallest absolute Gasteiger partial charge is 0.244 e. The summed E-state index contributed by atoms with van der Waals surface area (Å²) >= 11 is 0. The summed E-state index contributed by atoms with van der Waals surface area (Å²) in [6.45, 7) is 3.57. The van der Waals surface area contributed by atoms with E-state index >= 15 is 0 Å². The van der Waals surface area contributed by atoms with Gasteiger partial charge in [0.05, 0.1) is 11.9 Å². The predicted octanol–water partition coefficient (Wildman–Crippen LogP) is 2.22. The van der Waals surface area contributed by atoms with Gasteiger partial charge in [-0.1, -0.05) is 49.4 Å². The maximum Gasteiger partial charge on any atom is 0.244 e. The van der Waals surface area contributed by atoms with Crippen LogP contribution in [0.2, 0.25) is 0 Å². The van der Waals surface area contributed by atoms with Crippen molar-refractivity contribution in [1.82, 2.24) is 10.2 Å². The number of amides is 2. The fourth-order valence-corrected chi connectivity index (χ4v) is 4.14. The van der Waals surface area contributed by atoms with E-state index in [4.69, 9.17) is 0 Å². The summed E-state index contributed by atoms with van der Waals surface area (Å²) < 4.78 is 26.0. The number of nitrogens with one attached hydrogen (secondary N) is 1. The van der Waals surface area contributed by atoms with Crippen LogP contribution in [0.25, 0.3) is 0 Å². The van der Waals surface area contributed by atoms with Crippen LogP contribution in [-0.4, -0.2) is 57.6 Å². The second-order valence-electron chi connectivity index (χ2n) is 7.40. The summed E-state index contributed by atoms with van der Waals surface area (Å²) in [6.07, 6.45) is 2.46. The van der Waals surface area contributed by atoms with Gasteiger partial charge in [0.2, 0.25) is 21.8 Å². The van der Waals surface area contributed by atoms with Crippen molar-refractivity contribution in [3.63, 3.8) is 0 Å². The number of aryl methyl sites for hydroxylation is 1. The van der Waals surface area contributed by atoms with Crippen LogP contribution in [0.1, 0.15) is 25.0 Å². The minimum Gasteiger partial charge on any atom is -0.357 e. The Labute approximate surface area is 185 Å². The van der Waals surface area contributed by atoms with Gasteiger partial charge in [-0.3, -0.25) is 13.9 Å². The minimum absolute atomic E-state index is 0.295. The maximum atomic E-state index is 13.2. The van der Waals surface area contributed by atoms with E-state index in [9.17, 15) is 18.0 Å². The Morgan fingerprint density at radius 1 is 1.00 bits per heavy atom. The number of carbonyl (C=O) groups excluding carboxylic acids is 2. The van der Waals surface area contributed by atoms with Gasteiger partial charge in [0.15, 0.2) is 0 Å². The lowest BCUT2D eigenvalue weighted by Crippen LogP contribution is -2.51. The number of hydrogen-bond donors (Lipinski definition) is 1. The lowest BCUT2D eigenvalue weighted by atomic mass is 10.1. The van der Waals surface area contributed by atoms with E-state index in [0.29, 0.717) is 18.7 Å². The van der Waals surface area contributed by atoms with Crippen LogP contribution in [0, 0.1) is 0 Å². The molecule has 8 heteroatoms. The van der Waals surface area contributed by atoms with Crippen molar-refractivity contribution in [3.05, 3.63) is 65.7 Å². The highest BCUT2D eigenvalue weighted by atomic mass is 32.2. The first-order valence-corrected chi connectivity index (χ1v) is 12.1. The van der Waals surface area contributed by atoms with Crippen molar-refractivity contribution >= 4 is 27.5 Å². The van der Waals surface area contributed by atoms with Gasteiger partial charge < -0.3 is 10.2 Å². The van der Waals surface area contributed by atoms with E-state index in [1.807, 2.05) is 49.4 Å². The summed E-state index contributed by atoms with van der Waals surface area (Å²) in [6, 6.07) is 16.0. The van der Waals surface area contributed by atoms with E-state index in [1.165, 1.54) is 11.9 Å². The molecule has 0 saturated carbocycles. The second kappa shape index (κ2) is 10.9. The van der Waals surface area contributed by atoms with Crippen molar-refractivity contribution in [2.75, 3.05) is 30.7 Å². The first-order valence-electron chi connectivity index (χ1n) is 10.3. The Morgan fingerprint density at radius 2 is 1.61 bits per heavy atom. The number of hydrogen-bond acceptors (Lipinski definition) is 4. The van der Waals surface area contributed by atoms with E-state index in [2.05, 4.69) is 5.32 Å². The number of sulfonamides is 1. The van der Waals surface area contributed by atoms with Gasteiger partial charge in [-0.15, -0.1) is 0 Å². The molecule has 168 valence electrons. The quantitative estimate of drug-likeness (QED) is 0.608. The third-order valence-corrected chi connectivity index (χ3v) is 6.35. The van der Waals surface area contributed by atoms with Gasteiger partial charge in [0.1, 0.15) is 12.6 Å². The van der Waals surface area contributed by atoms with Crippen molar-refractivity contribution in [1.29, 1.82) is 0 Å². The molecule has 2 aromatic carbocycles. The highest BCUT2D eigenvalue weighted by Gasteiger charge is 2.29. The lowest BCUT2D eigenvalue weighted by molar-refractivity contribution is -0.138. The van der Waals surface area contributed by atoms with Crippen LogP contribution in [0.5, 0.6) is 0 Å². The van der Waals surface area contributed by atoms with Crippen LogP contribution < -0.4 is 9.62 Å². The molecule has 1 N–H and O–H groups in total. The molecular weight excluding hydrogens is 414 g/mol. The summed E-state index contributed by atoms with van der Waals surface area (Å²) in [4.78, 5) is 26.9. The van der Waals surface area contributed by atoms with E-state index < -0.39 is 22.0 Å². The van der Waals surface area contributed by atoms with Crippen LogP contribution in [-0.2, 0) is 32.5 Å². The van der Waals surface area contributed by atoms with Gasteiger partial charge in [0.25, 0.3) is 0 Å². The fourth-order valence-electron chi connectivity index (χ4n) is 3.29. The monoisotopic (exact) mass is 445 g/mol. The van der Waals surface area contributed by atoms with Gasteiger partial charge >= 0.3 is 0 Å². The minimum atomic E-state index is -3.70. The molecule has 0 fully saturated rings. The van der Waals surface area contributed by atoms with E-state index in [-0.39, 0.29) is 12.5 Å². The number of benzene rings is 2. The largest absolute Gasteiger partial charge is 0.357 e. The molecule has 0 radical (unpaired) electrons. The Morgan fingerprint density at radius 3 is 2.13 bits per heavy atom. The summed E-state index contributed by atoms with van der Waals surface area (Å²) in [5.41, 5.74) is 2.52. The van der Waals surface area contributed by atoms with E-state index in [0.717, 1.165) is 28.1 Å². The third kappa shape index (κ3) is 6.82. The summed E-state index contributed by atoms with van der Waals surface area (Å²) in [5.74, 6) is -0.739. The molecule has 0 heterocycles. The highest BCUT2D eigenvalue weighted by Crippen LogP contribution is 2.19. The predicted molar refractivity (Wildman–Crippen MR) is 123 cm³/mol. The van der Waals surface area contributed by atoms with Crippen LogP contribution in [0.15, 0.2) is 54.6 Å². The van der Waals surface area contributed by atoms with Crippen molar-refractivity contribution in [3.8, 4) is 0 Å². The normalized spacial score (nSPS) is 12.1. The zero-order valence-corrected chi connectivity index (χ0v) is 19.4. The van der Waals surface area contributed by atoms with Gasteiger partial charge in [-0.05, 0) is 43.0 Å². The highest BCUT2D eigenvalue weighted by molar-refractivity contribution is 7.92. The number of nitrogens with zero attached hydrogens (tertiary/aromatic N) is 2. The number of anilines is 1. The van der Waals surface area contributed by atoms with Crippen molar-refractivity contribution < 1.29 is 18.0 Å². The topological polar surface area (TPSA) is 86.8 Å². The molecule has 0 aromatic heterocycles. The number of likely N-dealkylation sites (N-methyl/N-ethyl adjacent to an activating group) is 1. The van der Waals surface area contributed by atoms with E-state index in [1.54, 1.807) is 19.1 Å². The molecule has 2 aromatic rings. The molecule has 2 amide bonds. The molecule has 0 saturated heterocycles. The summed E-state index contributed by atoms with van der Waals surface area (Å²) in [7, 11) is -2.19. The molecule has 0 unspecified atom stereocenters. The van der Waals surface area contributed by atoms with Crippen LogP contribution in [0.3, 0.4) is 0 Å². The zero-order valence-electron chi connectivity index (χ0n) is 18.5. The first kappa shape index (κ1) is 24.4. The molecule has 31 heavy (non-hydrogen) atoms.